The summed E-state index contributed by atoms with van der Waals surface area (Å²) in [7, 11) is 0. The molecule has 0 unspecified atom stereocenters. The topological polar surface area (TPSA) is 64.0 Å². The molecule has 2 aromatic carbocycles. The van der Waals surface area contributed by atoms with E-state index in [0.717, 1.165) is 33.6 Å². The fourth-order valence-electron chi connectivity index (χ4n) is 3.30. The molecule has 1 aliphatic rings. The third-order valence-corrected chi connectivity index (χ3v) is 5.15. The molecule has 26 heavy (non-hydrogen) atoms. The molecule has 1 fully saturated rings. The predicted molar refractivity (Wildman–Crippen MR) is 103 cm³/mol. The van der Waals surface area contributed by atoms with Gasteiger partial charge in [0.2, 0.25) is 0 Å². The van der Waals surface area contributed by atoms with E-state index < -0.39 is 6.04 Å². The van der Waals surface area contributed by atoms with Crippen molar-refractivity contribution in [1.82, 2.24) is 9.96 Å². The SMILES string of the molecule is O=C(Cc1cccc(Br)c1)N(O)[C@H](CN1CC[C@H](O)C1)c1ccccc1. The van der Waals surface area contributed by atoms with Gasteiger partial charge in [0.05, 0.1) is 18.6 Å². The lowest BCUT2D eigenvalue weighted by atomic mass is 10.0. The van der Waals surface area contributed by atoms with Gasteiger partial charge in [-0.15, -0.1) is 0 Å². The van der Waals surface area contributed by atoms with E-state index in [4.69, 9.17) is 0 Å². The molecule has 0 aromatic heterocycles. The van der Waals surface area contributed by atoms with Crippen LogP contribution in [0.3, 0.4) is 0 Å². The van der Waals surface area contributed by atoms with Crippen molar-refractivity contribution in [3.8, 4) is 0 Å². The van der Waals surface area contributed by atoms with Crippen LogP contribution in [0.5, 0.6) is 0 Å². The Labute approximate surface area is 161 Å². The zero-order valence-electron chi connectivity index (χ0n) is 14.5. The summed E-state index contributed by atoms with van der Waals surface area (Å²) in [5.41, 5.74) is 1.71. The lowest BCUT2D eigenvalue weighted by molar-refractivity contribution is -0.177. The highest BCUT2D eigenvalue weighted by Gasteiger charge is 2.29. The summed E-state index contributed by atoms with van der Waals surface area (Å²) in [6, 6.07) is 16.6. The Morgan fingerprint density at radius 1 is 1.23 bits per heavy atom. The normalized spacial score (nSPS) is 18.7. The number of amides is 1. The van der Waals surface area contributed by atoms with Gasteiger partial charge in [0.1, 0.15) is 0 Å². The standard InChI is InChI=1S/C20H23BrN2O3/c21-17-8-4-5-15(11-17)12-20(25)23(26)19(16-6-2-1-3-7-16)14-22-10-9-18(24)13-22/h1-8,11,18-19,24,26H,9-10,12-14H2/t18-,19+/m0/s1. The zero-order valence-corrected chi connectivity index (χ0v) is 16.0. The van der Waals surface area contributed by atoms with Crippen molar-refractivity contribution >= 4 is 21.8 Å². The molecule has 2 atom stereocenters. The van der Waals surface area contributed by atoms with Gasteiger partial charge in [0, 0.05) is 24.1 Å². The molecule has 6 heteroatoms. The highest BCUT2D eigenvalue weighted by atomic mass is 79.9. The lowest BCUT2D eigenvalue weighted by Gasteiger charge is -2.30. The summed E-state index contributed by atoms with van der Waals surface area (Å²) in [5, 5.41) is 21.3. The molecule has 1 amide bonds. The van der Waals surface area contributed by atoms with E-state index in [-0.39, 0.29) is 18.4 Å². The van der Waals surface area contributed by atoms with Crippen molar-refractivity contribution in [1.29, 1.82) is 0 Å². The number of hydrogen-bond acceptors (Lipinski definition) is 4. The molecule has 1 heterocycles. The average Bonchev–Trinajstić information content (AvgIpc) is 3.05. The van der Waals surface area contributed by atoms with E-state index in [0.29, 0.717) is 13.1 Å². The minimum absolute atomic E-state index is 0.127. The maximum atomic E-state index is 12.7. The maximum absolute atomic E-state index is 12.7. The Morgan fingerprint density at radius 2 is 2.00 bits per heavy atom. The first-order valence-corrected chi connectivity index (χ1v) is 9.53. The van der Waals surface area contributed by atoms with Gasteiger partial charge in [-0.2, -0.15) is 0 Å². The number of hydroxylamine groups is 2. The second-order valence-corrected chi connectivity index (χ2v) is 7.59. The quantitative estimate of drug-likeness (QED) is 0.558. The Morgan fingerprint density at radius 3 is 2.65 bits per heavy atom. The number of likely N-dealkylation sites (tertiary alicyclic amines) is 1. The van der Waals surface area contributed by atoms with Crippen molar-refractivity contribution in [2.24, 2.45) is 0 Å². The molecule has 0 spiro atoms. The first-order valence-electron chi connectivity index (χ1n) is 8.73. The van der Waals surface area contributed by atoms with Gasteiger partial charge >= 0.3 is 0 Å². The van der Waals surface area contributed by atoms with Gasteiger partial charge in [0.25, 0.3) is 5.91 Å². The monoisotopic (exact) mass is 418 g/mol. The Hall–Kier alpha value is -1.73. The molecule has 0 bridgehead atoms. The molecule has 0 radical (unpaired) electrons. The number of rotatable bonds is 6. The van der Waals surface area contributed by atoms with Gasteiger partial charge < -0.3 is 5.11 Å². The largest absolute Gasteiger partial charge is 0.392 e. The Bertz CT molecular complexity index is 741. The van der Waals surface area contributed by atoms with E-state index >= 15 is 0 Å². The number of aliphatic hydroxyl groups excluding tert-OH is 1. The molecule has 1 aliphatic heterocycles. The van der Waals surface area contributed by atoms with Gasteiger partial charge in [-0.1, -0.05) is 58.4 Å². The summed E-state index contributed by atoms with van der Waals surface area (Å²) in [4.78, 5) is 14.8. The average molecular weight is 419 g/mol. The maximum Gasteiger partial charge on any atom is 0.250 e. The number of β-amino-alcohol motifs (C(OH)–C–C–N with tert-alkyl or cyclic N) is 1. The van der Waals surface area contributed by atoms with Crippen LogP contribution >= 0.6 is 15.9 Å². The minimum atomic E-state index is -0.471. The molecule has 5 nitrogen and oxygen atoms in total. The van der Waals surface area contributed by atoms with Crippen LogP contribution in [0, 0.1) is 0 Å². The van der Waals surface area contributed by atoms with Crippen molar-refractivity contribution in [2.45, 2.75) is 25.0 Å². The predicted octanol–water partition coefficient (Wildman–Crippen LogP) is 3.02. The fourth-order valence-corrected chi connectivity index (χ4v) is 3.74. The van der Waals surface area contributed by atoms with E-state index in [1.54, 1.807) is 0 Å². The van der Waals surface area contributed by atoms with Crippen molar-refractivity contribution in [3.05, 3.63) is 70.2 Å². The zero-order chi connectivity index (χ0) is 18.5. The van der Waals surface area contributed by atoms with Crippen LogP contribution < -0.4 is 0 Å². The molecule has 3 rings (SSSR count). The van der Waals surface area contributed by atoms with Gasteiger partial charge in [-0.3, -0.25) is 14.9 Å². The minimum Gasteiger partial charge on any atom is -0.392 e. The second kappa shape index (κ2) is 8.77. The van der Waals surface area contributed by atoms with E-state index in [9.17, 15) is 15.1 Å². The first kappa shape index (κ1) is 19.0. The summed E-state index contributed by atoms with van der Waals surface area (Å²) >= 11 is 3.40. The summed E-state index contributed by atoms with van der Waals surface area (Å²) in [5.74, 6) is -0.350. The number of aliphatic hydroxyl groups is 1. The highest BCUT2D eigenvalue weighted by molar-refractivity contribution is 9.10. The number of carbonyl (C=O) groups excluding carboxylic acids is 1. The van der Waals surface area contributed by atoms with E-state index in [2.05, 4.69) is 20.8 Å². The lowest BCUT2D eigenvalue weighted by Crippen LogP contribution is -2.40. The summed E-state index contributed by atoms with van der Waals surface area (Å²) in [6.45, 7) is 1.82. The molecule has 0 aliphatic carbocycles. The molecular formula is C20H23BrN2O3. The van der Waals surface area contributed by atoms with Crippen LogP contribution in [-0.4, -0.2) is 51.9 Å². The van der Waals surface area contributed by atoms with Gasteiger partial charge in [-0.05, 0) is 29.7 Å². The Balaban J connectivity index is 1.75. The first-order chi connectivity index (χ1) is 12.5. The third kappa shape index (κ3) is 4.92. The fraction of sp³-hybridized carbons (Fsp3) is 0.350. The number of hydrogen-bond donors (Lipinski definition) is 2. The highest BCUT2D eigenvalue weighted by Crippen LogP contribution is 2.24. The van der Waals surface area contributed by atoms with Crippen LogP contribution in [0.4, 0.5) is 0 Å². The molecule has 0 saturated carbocycles. The number of halogens is 1. The third-order valence-electron chi connectivity index (χ3n) is 4.66. The molecule has 138 valence electrons. The molecular weight excluding hydrogens is 396 g/mol. The Kier molecular flexibility index (Phi) is 6.43. The molecule has 2 N–H and O–H groups in total. The van der Waals surface area contributed by atoms with Crippen LogP contribution in [0.2, 0.25) is 0 Å². The van der Waals surface area contributed by atoms with Crippen molar-refractivity contribution in [2.75, 3.05) is 19.6 Å². The van der Waals surface area contributed by atoms with Crippen molar-refractivity contribution < 1.29 is 15.1 Å². The molecule has 1 saturated heterocycles. The second-order valence-electron chi connectivity index (χ2n) is 6.67. The van der Waals surface area contributed by atoms with Crippen LogP contribution in [0.1, 0.15) is 23.6 Å². The number of nitrogens with zero attached hydrogens (tertiary/aromatic N) is 2. The van der Waals surface area contributed by atoms with Crippen molar-refractivity contribution in [3.63, 3.8) is 0 Å². The summed E-state index contributed by atoms with van der Waals surface area (Å²) < 4.78 is 0.901. The number of benzene rings is 2. The number of carbonyl (C=O) groups is 1. The smallest absolute Gasteiger partial charge is 0.250 e. The van der Waals surface area contributed by atoms with Gasteiger partial charge in [-0.25, -0.2) is 5.06 Å². The molecule has 2 aromatic rings. The summed E-state index contributed by atoms with van der Waals surface area (Å²) in [6.07, 6.45) is 0.511. The van der Waals surface area contributed by atoms with Crippen LogP contribution in [0.15, 0.2) is 59.1 Å². The van der Waals surface area contributed by atoms with E-state index in [1.165, 1.54) is 0 Å². The van der Waals surface area contributed by atoms with E-state index in [1.807, 2.05) is 54.6 Å². The van der Waals surface area contributed by atoms with Crippen LogP contribution in [-0.2, 0) is 11.2 Å². The van der Waals surface area contributed by atoms with Crippen LogP contribution in [0.25, 0.3) is 0 Å². The van der Waals surface area contributed by atoms with Gasteiger partial charge in [0.15, 0.2) is 0 Å².